The van der Waals surface area contributed by atoms with Crippen LogP contribution in [0.25, 0.3) is 0 Å². The molecule has 0 aromatic rings. The van der Waals surface area contributed by atoms with E-state index in [2.05, 4.69) is 10.6 Å². The topological polar surface area (TPSA) is 93.7 Å². The van der Waals surface area contributed by atoms with Gasteiger partial charge >= 0.3 is 12.1 Å². The van der Waals surface area contributed by atoms with Gasteiger partial charge in [0.15, 0.2) is 0 Å². The Labute approximate surface area is 162 Å². The molecule has 27 heavy (non-hydrogen) atoms. The Morgan fingerprint density at radius 3 is 1.93 bits per heavy atom. The molecule has 7 heteroatoms. The van der Waals surface area contributed by atoms with E-state index in [9.17, 15) is 14.4 Å². The number of ether oxygens (including phenoxy) is 2. The summed E-state index contributed by atoms with van der Waals surface area (Å²) in [5, 5.41) is 5.52. The number of rotatable bonds is 5. The molecule has 0 aliphatic heterocycles. The Morgan fingerprint density at radius 1 is 0.926 bits per heavy atom. The van der Waals surface area contributed by atoms with Crippen LogP contribution in [0.3, 0.4) is 0 Å². The van der Waals surface area contributed by atoms with E-state index in [0.29, 0.717) is 0 Å². The molecule has 0 aromatic heterocycles. The lowest BCUT2D eigenvalue weighted by Gasteiger charge is -2.34. The molecule has 7 nitrogen and oxygen atoms in total. The predicted molar refractivity (Wildman–Crippen MR) is 103 cm³/mol. The Hall–Kier alpha value is -1.79. The first-order valence-corrected chi connectivity index (χ1v) is 9.73. The Kier molecular flexibility index (Phi) is 8.11. The fourth-order valence-electron chi connectivity index (χ4n) is 3.28. The van der Waals surface area contributed by atoms with Crippen LogP contribution in [0.4, 0.5) is 4.79 Å². The highest BCUT2D eigenvalue weighted by Crippen LogP contribution is 2.28. The van der Waals surface area contributed by atoms with Crippen LogP contribution in [0, 0.1) is 11.3 Å². The summed E-state index contributed by atoms with van der Waals surface area (Å²) in [4.78, 5) is 37.5. The van der Waals surface area contributed by atoms with E-state index in [-0.39, 0.29) is 11.8 Å². The summed E-state index contributed by atoms with van der Waals surface area (Å²) in [6.07, 6.45) is 4.25. The molecule has 2 amide bonds. The maximum Gasteiger partial charge on any atom is 0.408 e. The van der Waals surface area contributed by atoms with Crippen molar-refractivity contribution in [2.45, 2.75) is 91.3 Å². The van der Waals surface area contributed by atoms with Gasteiger partial charge in [0.05, 0.1) is 7.11 Å². The average molecular weight is 385 g/mol. The standard InChI is InChI=1S/C20H36N2O5/c1-19(2,3)15(17(24)26-7)22-16(23)14(13-11-9-8-10-12-13)21-18(25)27-20(4,5)6/h13-15H,8-12H2,1-7H3,(H,21,25)(H,22,23)/t14-,15+/m0/s1. The molecule has 0 saturated heterocycles. The second kappa shape index (κ2) is 9.42. The molecule has 156 valence electrons. The Bertz CT molecular complexity index is 527. The SMILES string of the molecule is COC(=O)[C@@H](NC(=O)[C@@H](NC(=O)OC(C)(C)C)C1CCCCC1)C(C)(C)C. The van der Waals surface area contributed by atoms with Crippen LogP contribution < -0.4 is 10.6 Å². The molecular formula is C20H36N2O5. The highest BCUT2D eigenvalue weighted by Gasteiger charge is 2.38. The van der Waals surface area contributed by atoms with Gasteiger partial charge in [0.1, 0.15) is 17.7 Å². The second-order valence-electron chi connectivity index (χ2n) is 9.35. The summed E-state index contributed by atoms with van der Waals surface area (Å²) in [6, 6.07) is -1.55. The smallest absolute Gasteiger partial charge is 0.408 e. The Morgan fingerprint density at radius 2 is 1.48 bits per heavy atom. The molecule has 2 atom stereocenters. The zero-order valence-electron chi connectivity index (χ0n) is 17.8. The van der Waals surface area contributed by atoms with Gasteiger partial charge in [-0.05, 0) is 44.9 Å². The molecule has 1 rings (SSSR count). The van der Waals surface area contributed by atoms with Gasteiger partial charge in [-0.1, -0.05) is 40.0 Å². The molecule has 0 heterocycles. The predicted octanol–water partition coefficient (Wildman–Crippen LogP) is 3.16. The van der Waals surface area contributed by atoms with E-state index in [1.807, 2.05) is 20.8 Å². The summed E-state index contributed by atoms with van der Waals surface area (Å²) in [6.45, 7) is 10.9. The molecule has 1 saturated carbocycles. The molecule has 0 unspecified atom stereocenters. The third-order valence-corrected chi connectivity index (χ3v) is 4.67. The maximum absolute atomic E-state index is 13.0. The molecule has 0 aromatic carbocycles. The number of alkyl carbamates (subject to hydrolysis) is 1. The van der Waals surface area contributed by atoms with Crippen molar-refractivity contribution >= 4 is 18.0 Å². The zero-order valence-corrected chi connectivity index (χ0v) is 17.8. The van der Waals surface area contributed by atoms with Crippen molar-refractivity contribution in [2.24, 2.45) is 11.3 Å². The van der Waals surface area contributed by atoms with Crippen molar-refractivity contribution in [3.8, 4) is 0 Å². The van der Waals surface area contributed by atoms with Crippen LogP contribution in [0.2, 0.25) is 0 Å². The first-order chi connectivity index (χ1) is 12.3. The highest BCUT2D eigenvalue weighted by atomic mass is 16.6. The van der Waals surface area contributed by atoms with E-state index in [0.717, 1.165) is 32.1 Å². The maximum atomic E-state index is 13.0. The molecule has 2 N–H and O–H groups in total. The van der Waals surface area contributed by atoms with Crippen molar-refractivity contribution in [3.05, 3.63) is 0 Å². The first kappa shape index (κ1) is 23.2. The lowest BCUT2D eigenvalue weighted by Crippen LogP contribution is -2.58. The molecular weight excluding hydrogens is 348 g/mol. The number of carbonyl (C=O) groups is 3. The third kappa shape index (κ3) is 7.77. The lowest BCUT2D eigenvalue weighted by atomic mass is 9.82. The van der Waals surface area contributed by atoms with Crippen LogP contribution in [-0.2, 0) is 19.1 Å². The quantitative estimate of drug-likeness (QED) is 0.710. The average Bonchev–Trinajstić information content (AvgIpc) is 2.54. The summed E-state index contributed by atoms with van der Waals surface area (Å²) in [5.41, 5.74) is -1.18. The number of hydrogen-bond donors (Lipinski definition) is 2. The monoisotopic (exact) mass is 384 g/mol. The zero-order chi connectivity index (χ0) is 20.8. The van der Waals surface area contributed by atoms with E-state index < -0.39 is 35.2 Å². The fourth-order valence-corrected chi connectivity index (χ4v) is 3.28. The van der Waals surface area contributed by atoms with Crippen molar-refractivity contribution in [1.82, 2.24) is 10.6 Å². The van der Waals surface area contributed by atoms with Gasteiger partial charge in [-0.2, -0.15) is 0 Å². The van der Waals surface area contributed by atoms with Crippen LogP contribution in [0.15, 0.2) is 0 Å². The minimum Gasteiger partial charge on any atom is -0.467 e. The van der Waals surface area contributed by atoms with Crippen LogP contribution >= 0.6 is 0 Å². The lowest BCUT2D eigenvalue weighted by molar-refractivity contribution is -0.148. The van der Waals surface area contributed by atoms with Crippen molar-refractivity contribution in [2.75, 3.05) is 7.11 Å². The number of nitrogens with one attached hydrogen (secondary N) is 2. The number of esters is 1. The van der Waals surface area contributed by atoms with Crippen molar-refractivity contribution < 1.29 is 23.9 Å². The van der Waals surface area contributed by atoms with E-state index >= 15 is 0 Å². The van der Waals surface area contributed by atoms with Crippen molar-refractivity contribution in [1.29, 1.82) is 0 Å². The van der Waals surface area contributed by atoms with Crippen molar-refractivity contribution in [3.63, 3.8) is 0 Å². The van der Waals surface area contributed by atoms with Gasteiger partial charge in [0.2, 0.25) is 5.91 Å². The summed E-state index contributed by atoms with van der Waals surface area (Å²) < 4.78 is 10.2. The largest absolute Gasteiger partial charge is 0.467 e. The number of hydrogen-bond acceptors (Lipinski definition) is 5. The van der Waals surface area contributed by atoms with Gasteiger partial charge in [0.25, 0.3) is 0 Å². The number of carbonyl (C=O) groups excluding carboxylic acids is 3. The van der Waals surface area contributed by atoms with Gasteiger partial charge in [-0.3, -0.25) is 4.79 Å². The minimum absolute atomic E-state index is 0.0181. The normalized spacial score (nSPS) is 18.2. The number of methoxy groups -OCH3 is 1. The highest BCUT2D eigenvalue weighted by molar-refractivity contribution is 5.90. The van der Waals surface area contributed by atoms with E-state index in [1.54, 1.807) is 20.8 Å². The minimum atomic E-state index is -0.804. The van der Waals surface area contributed by atoms with Gasteiger partial charge in [-0.25, -0.2) is 9.59 Å². The molecule has 1 aliphatic carbocycles. The van der Waals surface area contributed by atoms with Crippen LogP contribution in [0.5, 0.6) is 0 Å². The third-order valence-electron chi connectivity index (χ3n) is 4.67. The van der Waals surface area contributed by atoms with Gasteiger partial charge in [-0.15, -0.1) is 0 Å². The van der Waals surface area contributed by atoms with Gasteiger partial charge < -0.3 is 20.1 Å². The van der Waals surface area contributed by atoms with Crippen LogP contribution in [0.1, 0.15) is 73.6 Å². The Balaban J connectivity index is 2.97. The molecule has 0 spiro atoms. The van der Waals surface area contributed by atoms with E-state index in [4.69, 9.17) is 9.47 Å². The fraction of sp³-hybridized carbons (Fsp3) is 0.850. The molecule has 1 aliphatic rings. The summed E-state index contributed by atoms with van der Waals surface area (Å²) in [7, 11) is 1.30. The first-order valence-electron chi connectivity index (χ1n) is 9.73. The van der Waals surface area contributed by atoms with Crippen LogP contribution in [-0.4, -0.2) is 42.8 Å². The summed E-state index contributed by atoms with van der Waals surface area (Å²) >= 11 is 0. The molecule has 0 radical (unpaired) electrons. The van der Waals surface area contributed by atoms with E-state index in [1.165, 1.54) is 7.11 Å². The van der Waals surface area contributed by atoms with Gasteiger partial charge in [0, 0.05) is 0 Å². The number of amides is 2. The summed E-state index contributed by atoms with van der Waals surface area (Å²) in [5.74, 6) is -0.863. The molecule has 1 fully saturated rings. The molecule has 0 bridgehead atoms. The second-order valence-corrected chi connectivity index (χ2v) is 9.35.